The summed E-state index contributed by atoms with van der Waals surface area (Å²) in [7, 11) is -2.22. The Labute approximate surface area is 147 Å². The maximum atomic E-state index is 12.9. The summed E-state index contributed by atoms with van der Waals surface area (Å²) < 4.78 is 39.1. The Morgan fingerprint density at radius 1 is 0.960 bits per heavy atom. The van der Waals surface area contributed by atoms with Crippen molar-refractivity contribution in [2.75, 3.05) is 18.4 Å². The normalized spacial score (nSPS) is 11.3. The van der Waals surface area contributed by atoms with E-state index in [-0.39, 0.29) is 4.90 Å². The average Bonchev–Trinajstić information content (AvgIpc) is 2.62. The van der Waals surface area contributed by atoms with Gasteiger partial charge < -0.3 is 9.47 Å². The van der Waals surface area contributed by atoms with Gasteiger partial charge in [0.2, 0.25) is 0 Å². The van der Waals surface area contributed by atoms with E-state index >= 15 is 0 Å². The number of rotatable bonds is 6. The Kier molecular flexibility index (Phi) is 4.81. The van der Waals surface area contributed by atoms with Gasteiger partial charge in [0.15, 0.2) is 0 Å². The highest BCUT2D eigenvalue weighted by Gasteiger charge is 2.19. The van der Waals surface area contributed by atoms with Crippen LogP contribution in [0, 0.1) is 0 Å². The zero-order valence-corrected chi connectivity index (χ0v) is 14.8. The van der Waals surface area contributed by atoms with Crippen LogP contribution in [0.2, 0.25) is 0 Å². The van der Waals surface area contributed by atoms with Gasteiger partial charge in [-0.3, -0.25) is 4.72 Å². The molecule has 6 heteroatoms. The first kappa shape index (κ1) is 17.1. The van der Waals surface area contributed by atoms with E-state index in [0.29, 0.717) is 29.2 Å². The zero-order valence-electron chi connectivity index (χ0n) is 14.0. The highest BCUT2D eigenvalue weighted by atomic mass is 32.2. The molecule has 5 nitrogen and oxygen atoms in total. The second kappa shape index (κ2) is 7.03. The Hall–Kier alpha value is -2.73. The van der Waals surface area contributed by atoms with Crippen LogP contribution in [0.3, 0.4) is 0 Å². The number of nitrogens with one attached hydrogen (secondary N) is 1. The molecule has 0 saturated heterocycles. The standard InChI is InChI=1S/C19H19NO4S/c1-3-24-18-11-12-19(17-10-5-4-9-16(17)18)25(21,22)20-14-7-6-8-15(13-14)23-2/h4-13,20H,3H2,1-2H3. The molecule has 0 atom stereocenters. The lowest BCUT2D eigenvalue weighted by molar-refractivity contribution is 0.344. The van der Waals surface area contributed by atoms with Crippen molar-refractivity contribution in [2.45, 2.75) is 11.8 Å². The van der Waals surface area contributed by atoms with Crippen molar-refractivity contribution in [3.63, 3.8) is 0 Å². The summed E-state index contributed by atoms with van der Waals surface area (Å²) >= 11 is 0. The molecule has 0 aliphatic heterocycles. The van der Waals surface area contributed by atoms with Gasteiger partial charge in [-0.2, -0.15) is 0 Å². The van der Waals surface area contributed by atoms with E-state index in [1.165, 1.54) is 7.11 Å². The highest BCUT2D eigenvalue weighted by molar-refractivity contribution is 7.93. The third-order valence-corrected chi connectivity index (χ3v) is 5.19. The van der Waals surface area contributed by atoms with Crippen LogP contribution < -0.4 is 14.2 Å². The number of methoxy groups -OCH3 is 1. The van der Waals surface area contributed by atoms with Crippen LogP contribution in [-0.4, -0.2) is 22.1 Å². The van der Waals surface area contributed by atoms with E-state index in [9.17, 15) is 8.42 Å². The summed E-state index contributed by atoms with van der Waals surface area (Å²) in [6.45, 7) is 2.40. The number of hydrogen-bond donors (Lipinski definition) is 1. The van der Waals surface area contributed by atoms with E-state index in [0.717, 1.165) is 5.39 Å². The molecule has 3 aromatic carbocycles. The summed E-state index contributed by atoms with van der Waals surface area (Å²) in [6, 6.07) is 17.3. The molecule has 0 aliphatic carbocycles. The highest BCUT2D eigenvalue weighted by Crippen LogP contribution is 2.32. The van der Waals surface area contributed by atoms with E-state index in [4.69, 9.17) is 9.47 Å². The summed E-state index contributed by atoms with van der Waals surface area (Å²) in [6.07, 6.45) is 0. The monoisotopic (exact) mass is 357 g/mol. The maximum Gasteiger partial charge on any atom is 0.262 e. The average molecular weight is 357 g/mol. The molecule has 25 heavy (non-hydrogen) atoms. The van der Waals surface area contributed by atoms with Crippen LogP contribution in [0.5, 0.6) is 11.5 Å². The lowest BCUT2D eigenvalue weighted by Crippen LogP contribution is -2.13. The van der Waals surface area contributed by atoms with Crippen molar-refractivity contribution < 1.29 is 17.9 Å². The van der Waals surface area contributed by atoms with Gasteiger partial charge in [0.1, 0.15) is 11.5 Å². The number of anilines is 1. The molecule has 0 saturated carbocycles. The molecule has 3 rings (SSSR count). The van der Waals surface area contributed by atoms with Crippen molar-refractivity contribution in [1.29, 1.82) is 0 Å². The van der Waals surface area contributed by atoms with Gasteiger partial charge >= 0.3 is 0 Å². The van der Waals surface area contributed by atoms with E-state index in [1.54, 1.807) is 42.5 Å². The summed E-state index contributed by atoms with van der Waals surface area (Å²) in [5, 5.41) is 1.38. The van der Waals surface area contributed by atoms with Crippen molar-refractivity contribution >= 4 is 26.5 Å². The van der Waals surface area contributed by atoms with Gasteiger partial charge in [-0.15, -0.1) is 0 Å². The van der Waals surface area contributed by atoms with Gasteiger partial charge in [0.05, 0.1) is 24.3 Å². The quantitative estimate of drug-likeness (QED) is 0.723. The number of ether oxygens (including phenoxy) is 2. The Morgan fingerprint density at radius 3 is 2.44 bits per heavy atom. The number of benzene rings is 3. The molecule has 3 aromatic rings. The predicted octanol–water partition coefficient (Wildman–Crippen LogP) is 4.05. The fourth-order valence-corrected chi connectivity index (χ4v) is 3.92. The molecule has 1 N–H and O–H groups in total. The van der Waals surface area contributed by atoms with Crippen molar-refractivity contribution in [3.8, 4) is 11.5 Å². The van der Waals surface area contributed by atoms with Crippen LogP contribution in [0.15, 0.2) is 65.6 Å². The molecule has 0 fully saturated rings. The molecule has 0 heterocycles. The third kappa shape index (κ3) is 3.53. The smallest absolute Gasteiger partial charge is 0.262 e. The number of hydrogen-bond acceptors (Lipinski definition) is 4. The third-order valence-electron chi connectivity index (χ3n) is 3.76. The molecule has 0 aromatic heterocycles. The Morgan fingerprint density at radius 2 is 1.72 bits per heavy atom. The second-order valence-electron chi connectivity index (χ2n) is 5.38. The van der Waals surface area contributed by atoms with Gasteiger partial charge in [-0.25, -0.2) is 8.42 Å². The second-order valence-corrected chi connectivity index (χ2v) is 7.03. The van der Waals surface area contributed by atoms with Crippen molar-refractivity contribution in [3.05, 3.63) is 60.7 Å². The van der Waals surface area contributed by atoms with Crippen LogP contribution >= 0.6 is 0 Å². The van der Waals surface area contributed by atoms with Crippen molar-refractivity contribution in [1.82, 2.24) is 0 Å². The molecule has 0 spiro atoms. The summed E-state index contributed by atoms with van der Waals surface area (Å²) in [5.41, 5.74) is 0.442. The van der Waals surface area contributed by atoms with Crippen LogP contribution in [0.4, 0.5) is 5.69 Å². The first-order valence-corrected chi connectivity index (χ1v) is 9.35. The molecular formula is C19H19NO4S. The zero-order chi connectivity index (χ0) is 17.9. The molecular weight excluding hydrogens is 338 g/mol. The van der Waals surface area contributed by atoms with E-state index in [2.05, 4.69) is 4.72 Å². The molecule has 0 amide bonds. The number of fused-ring (bicyclic) bond motifs is 1. The Balaban J connectivity index is 2.07. The maximum absolute atomic E-state index is 12.9. The fourth-order valence-electron chi connectivity index (χ4n) is 2.66. The van der Waals surface area contributed by atoms with Gasteiger partial charge in [0.25, 0.3) is 10.0 Å². The Bertz CT molecular complexity index is 999. The summed E-state index contributed by atoms with van der Waals surface area (Å²) in [5.74, 6) is 1.25. The molecule has 0 bridgehead atoms. The summed E-state index contributed by atoms with van der Waals surface area (Å²) in [4.78, 5) is 0.203. The lowest BCUT2D eigenvalue weighted by atomic mass is 10.1. The minimum atomic E-state index is -3.76. The van der Waals surface area contributed by atoms with Crippen LogP contribution in [-0.2, 0) is 10.0 Å². The first-order valence-electron chi connectivity index (χ1n) is 7.86. The van der Waals surface area contributed by atoms with Crippen molar-refractivity contribution in [2.24, 2.45) is 0 Å². The van der Waals surface area contributed by atoms with Gasteiger partial charge in [0, 0.05) is 16.8 Å². The first-order chi connectivity index (χ1) is 12.0. The SMILES string of the molecule is CCOc1ccc(S(=O)(=O)Nc2cccc(OC)c2)c2ccccc12. The fraction of sp³-hybridized carbons (Fsp3) is 0.158. The van der Waals surface area contributed by atoms with Gasteiger partial charge in [-0.05, 0) is 31.2 Å². The largest absolute Gasteiger partial charge is 0.497 e. The van der Waals surface area contributed by atoms with Crippen LogP contribution in [0.1, 0.15) is 6.92 Å². The predicted molar refractivity (Wildman–Crippen MR) is 98.9 cm³/mol. The molecule has 0 unspecified atom stereocenters. The number of sulfonamides is 1. The minimum Gasteiger partial charge on any atom is -0.497 e. The van der Waals surface area contributed by atoms with E-state index in [1.807, 2.05) is 25.1 Å². The van der Waals surface area contributed by atoms with Crippen LogP contribution in [0.25, 0.3) is 10.8 Å². The minimum absolute atomic E-state index is 0.203. The topological polar surface area (TPSA) is 64.6 Å². The van der Waals surface area contributed by atoms with E-state index < -0.39 is 10.0 Å². The van der Waals surface area contributed by atoms with Gasteiger partial charge in [-0.1, -0.05) is 30.3 Å². The molecule has 0 radical (unpaired) electrons. The lowest BCUT2D eigenvalue weighted by Gasteiger charge is -2.13. The molecule has 0 aliphatic rings. The molecule has 130 valence electrons.